The van der Waals surface area contributed by atoms with E-state index in [1.807, 2.05) is 18.7 Å². The van der Waals surface area contributed by atoms with Crippen LogP contribution in [0.2, 0.25) is 0 Å². The van der Waals surface area contributed by atoms with Gasteiger partial charge in [-0.1, -0.05) is 0 Å². The van der Waals surface area contributed by atoms with Gasteiger partial charge in [0.25, 0.3) is 0 Å². The molecular formula is C19H24FN5O2. The van der Waals surface area contributed by atoms with Gasteiger partial charge in [0.2, 0.25) is 5.88 Å². The molecule has 2 heterocycles. The fourth-order valence-electron chi connectivity index (χ4n) is 3.12. The summed E-state index contributed by atoms with van der Waals surface area (Å²) in [6.07, 6.45) is 1.45. The van der Waals surface area contributed by atoms with Gasteiger partial charge in [0.1, 0.15) is 23.7 Å². The Labute approximate surface area is 158 Å². The first kappa shape index (κ1) is 18.9. The Morgan fingerprint density at radius 2 is 2.15 bits per heavy atom. The van der Waals surface area contributed by atoms with Gasteiger partial charge in [-0.15, -0.1) is 0 Å². The molecule has 1 aliphatic heterocycles. The molecule has 0 radical (unpaired) electrons. The predicted molar refractivity (Wildman–Crippen MR) is 101 cm³/mol. The van der Waals surface area contributed by atoms with Crippen molar-refractivity contribution < 1.29 is 13.9 Å². The van der Waals surface area contributed by atoms with Crippen LogP contribution in [0.3, 0.4) is 0 Å². The number of amides is 2. The van der Waals surface area contributed by atoms with Crippen molar-refractivity contribution in [3.8, 4) is 11.6 Å². The lowest BCUT2D eigenvalue weighted by molar-refractivity contribution is 0.172. The van der Waals surface area contributed by atoms with Crippen LogP contribution in [0, 0.1) is 12.7 Å². The van der Waals surface area contributed by atoms with Crippen LogP contribution in [-0.2, 0) is 0 Å². The highest BCUT2D eigenvalue weighted by Crippen LogP contribution is 2.26. The highest BCUT2D eigenvalue weighted by Gasteiger charge is 2.28. The van der Waals surface area contributed by atoms with Crippen LogP contribution in [0.15, 0.2) is 30.6 Å². The summed E-state index contributed by atoms with van der Waals surface area (Å²) in [6, 6.07) is 6.13. The number of aromatic nitrogens is 2. The zero-order chi connectivity index (χ0) is 19.4. The number of aryl methyl sites for hydroxylation is 1. The molecule has 0 spiro atoms. The SMILES string of the molecule is CCNC(=O)N1CCN(c2cc(Oc3ccc(F)cc3C)ncn2)CC1C. The van der Waals surface area contributed by atoms with E-state index in [0.717, 1.165) is 5.82 Å². The summed E-state index contributed by atoms with van der Waals surface area (Å²) in [5, 5.41) is 2.84. The number of halogens is 1. The molecule has 2 amide bonds. The third kappa shape index (κ3) is 4.45. The second-order valence-electron chi connectivity index (χ2n) is 6.55. The molecule has 1 N–H and O–H groups in total. The second kappa shape index (κ2) is 8.20. The normalized spacial score (nSPS) is 17.0. The number of carbonyl (C=O) groups excluding carboxylic acids is 1. The average Bonchev–Trinajstić information content (AvgIpc) is 2.64. The molecule has 1 atom stereocenters. The van der Waals surface area contributed by atoms with Crippen molar-refractivity contribution in [2.45, 2.75) is 26.8 Å². The predicted octanol–water partition coefficient (Wildman–Crippen LogP) is 2.96. The number of piperazine rings is 1. The zero-order valence-electron chi connectivity index (χ0n) is 15.8. The molecule has 1 unspecified atom stereocenters. The topological polar surface area (TPSA) is 70.6 Å². The van der Waals surface area contributed by atoms with Gasteiger partial charge in [-0.2, -0.15) is 0 Å². The van der Waals surface area contributed by atoms with Gasteiger partial charge in [0, 0.05) is 38.3 Å². The highest BCUT2D eigenvalue weighted by atomic mass is 19.1. The summed E-state index contributed by atoms with van der Waals surface area (Å²) in [7, 11) is 0. The van der Waals surface area contributed by atoms with Crippen LogP contribution in [0.4, 0.5) is 15.0 Å². The largest absolute Gasteiger partial charge is 0.439 e. The minimum atomic E-state index is -0.304. The number of carbonyl (C=O) groups is 1. The Morgan fingerprint density at radius 3 is 2.85 bits per heavy atom. The molecule has 0 bridgehead atoms. The molecule has 1 aromatic carbocycles. The van der Waals surface area contributed by atoms with Crippen molar-refractivity contribution in [3.63, 3.8) is 0 Å². The Morgan fingerprint density at radius 1 is 1.33 bits per heavy atom. The van der Waals surface area contributed by atoms with Crippen LogP contribution in [0.5, 0.6) is 11.6 Å². The van der Waals surface area contributed by atoms with Crippen LogP contribution in [0.1, 0.15) is 19.4 Å². The van der Waals surface area contributed by atoms with Gasteiger partial charge < -0.3 is 19.9 Å². The summed E-state index contributed by atoms with van der Waals surface area (Å²) >= 11 is 0. The number of hydrogen-bond acceptors (Lipinski definition) is 5. The molecule has 0 aliphatic carbocycles. The molecule has 27 heavy (non-hydrogen) atoms. The van der Waals surface area contributed by atoms with Crippen molar-refractivity contribution in [1.82, 2.24) is 20.2 Å². The third-order valence-corrected chi connectivity index (χ3v) is 4.52. The Hall–Kier alpha value is -2.90. The summed E-state index contributed by atoms with van der Waals surface area (Å²) in [5.74, 6) is 1.38. The molecule has 0 saturated carbocycles. The van der Waals surface area contributed by atoms with E-state index >= 15 is 0 Å². The van der Waals surface area contributed by atoms with Gasteiger partial charge in [0.05, 0.1) is 0 Å². The maximum absolute atomic E-state index is 13.2. The molecule has 2 aromatic rings. The lowest BCUT2D eigenvalue weighted by atomic mass is 10.2. The number of anilines is 1. The van der Waals surface area contributed by atoms with E-state index in [-0.39, 0.29) is 17.9 Å². The molecule has 1 fully saturated rings. The van der Waals surface area contributed by atoms with Gasteiger partial charge in [-0.05, 0) is 44.5 Å². The minimum Gasteiger partial charge on any atom is -0.439 e. The molecule has 3 rings (SSSR count). The Balaban J connectivity index is 1.70. The van der Waals surface area contributed by atoms with Crippen molar-refractivity contribution in [3.05, 3.63) is 42.0 Å². The lowest BCUT2D eigenvalue weighted by Gasteiger charge is -2.40. The Bertz CT molecular complexity index is 816. The molecule has 1 aromatic heterocycles. The minimum absolute atomic E-state index is 0.0388. The maximum Gasteiger partial charge on any atom is 0.317 e. The quantitative estimate of drug-likeness (QED) is 0.892. The molecule has 144 valence electrons. The maximum atomic E-state index is 13.2. The smallest absolute Gasteiger partial charge is 0.317 e. The lowest BCUT2D eigenvalue weighted by Crippen LogP contribution is -2.56. The molecule has 1 saturated heterocycles. The van der Waals surface area contributed by atoms with Crippen LogP contribution in [0.25, 0.3) is 0 Å². The van der Waals surface area contributed by atoms with Crippen molar-refractivity contribution in [2.75, 3.05) is 31.1 Å². The van der Waals surface area contributed by atoms with E-state index in [2.05, 4.69) is 20.2 Å². The van der Waals surface area contributed by atoms with Gasteiger partial charge in [-0.3, -0.25) is 0 Å². The Kier molecular flexibility index (Phi) is 5.73. The standard InChI is InChI=1S/C19H24FN5O2/c1-4-21-19(26)25-8-7-24(11-14(25)3)17-10-18(23-12-22-17)27-16-6-5-15(20)9-13(16)2/h5-6,9-10,12,14H,4,7-8,11H2,1-3H3,(H,21,26). The van der Waals surface area contributed by atoms with E-state index in [1.54, 1.807) is 19.1 Å². The fourth-order valence-corrected chi connectivity index (χ4v) is 3.12. The summed E-state index contributed by atoms with van der Waals surface area (Å²) in [6.45, 7) is 8.27. The number of benzene rings is 1. The molecule has 1 aliphatic rings. The van der Waals surface area contributed by atoms with Crippen molar-refractivity contribution >= 4 is 11.8 Å². The average molecular weight is 373 g/mol. The molecular weight excluding hydrogens is 349 g/mol. The van der Waals surface area contributed by atoms with E-state index < -0.39 is 0 Å². The summed E-state index contributed by atoms with van der Waals surface area (Å²) < 4.78 is 19.0. The first-order chi connectivity index (χ1) is 13.0. The second-order valence-corrected chi connectivity index (χ2v) is 6.55. The molecule has 8 heteroatoms. The monoisotopic (exact) mass is 373 g/mol. The van der Waals surface area contributed by atoms with Gasteiger partial charge in [-0.25, -0.2) is 19.2 Å². The highest BCUT2D eigenvalue weighted by molar-refractivity contribution is 5.74. The van der Waals surface area contributed by atoms with Gasteiger partial charge in [0.15, 0.2) is 0 Å². The number of rotatable bonds is 4. The number of ether oxygens (including phenoxy) is 1. The van der Waals surface area contributed by atoms with Crippen LogP contribution < -0.4 is 15.0 Å². The van der Waals surface area contributed by atoms with Gasteiger partial charge >= 0.3 is 6.03 Å². The number of hydrogen-bond donors (Lipinski definition) is 1. The van der Waals surface area contributed by atoms with Crippen molar-refractivity contribution in [2.24, 2.45) is 0 Å². The number of nitrogens with zero attached hydrogens (tertiary/aromatic N) is 4. The first-order valence-corrected chi connectivity index (χ1v) is 9.03. The van der Waals surface area contributed by atoms with Crippen LogP contribution >= 0.6 is 0 Å². The summed E-state index contributed by atoms with van der Waals surface area (Å²) in [4.78, 5) is 24.5. The van der Waals surface area contributed by atoms with E-state index in [0.29, 0.717) is 43.4 Å². The third-order valence-electron chi connectivity index (χ3n) is 4.52. The summed E-state index contributed by atoms with van der Waals surface area (Å²) in [5.41, 5.74) is 0.694. The number of urea groups is 1. The van der Waals surface area contributed by atoms with E-state index in [1.165, 1.54) is 18.5 Å². The number of nitrogens with one attached hydrogen (secondary N) is 1. The fraction of sp³-hybridized carbons (Fsp3) is 0.421. The molecule has 7 nitrogen and oxygen atoms in total. The van der Waals surface area contributed by atoms with E-state index in [9.17, 15) is 9.18 Å². The van der Waals surface area contributed by atoms with Crippen LogP contribution in [-0.4, -0.2) is 53.1 Å². The van der Waals surface area contributed by atoms with Crippen molar-refractivity contribution in [1.29, 1.82) is 0 Å². The zero-order valence-corrected chi connectivity index (χ0v) is 15.8. The van der Waals surface area contributed by atoms with E-state index in [4.69, 9.17) is 4.74 Å². The first-order valence-electron chi connectivity index (χ1n) is 9.03.